The van der Waals surface area contributed by atoms with Crippen molar-refractivity contribution in [3.8, 4) is 0 Å². The normalized spacial score (nSPS) is 12.2. The van der Waals surface area contributed by atoms with Gasteiger partial charge in [-0.1, -0.05) is 73.7 Å². The maximum Gasteiger partial charge on any atom is 0.244 e. The van der Waals surface area contributed by atoms with Gasteiger partial charge in [0.05, 0.1) is 11.9 Å². The summed E-state index contributed by atoms with van der Waals surface area (Å²) in [7, 11) is -3.87. The summed E-state index contributed by atoms with van der Waals surface area (Å²) in [5, 5.41) is 2.87. The van der Waals surface area contributed by atoms with Crippen molar-refractivity contribution in [1.82, 2.24) is 10.2 Å². The fourth-order valence-electron chi connectivity index (χ4n) is 4.39. The Bertz CT molecular complexity index is 1380. The number of rotatable bonds is 12. The molecular weight excluding hydrogens is 517 g/mol. The number of anilines is 1. The van der Waals surface area contributed by atoms with Crippen LogP contribution in [0.1, 0.15) is 37.5 Å². The van der Waals surface area contributed by atoms with Crippen LogP contribution in [0, 0.1) is 5.82 Å². The number of sulfonamides is 1. The first kappa shape index (κ1) is 29.8. The van der Waals surface area contributed by atoms with Crippen LogP contribution in [0.25, 0.3) is 0 Å². The van der Waals surface area contributed by atoms with Crippen molar-refractivity contribution in [1.29, 1.82) is 0 Å². The number of hydrogen-bond acceptors (Lipinski definition) is 4. The predicted molar refractivity (Wildman–Crippen MR) is 152 cm³/mol. The minimum Gasteiger partial charge on any atom is -0.352 e. The third-order valence-corrected chi connectivity index (χ3v) is 7.45. The van der Waals surface area contributed by atoms with E-state index in [0.717, 1.165) is 21.7 Å². The van der Waals surface area contributed by atoms with Crippen molar-refractivity contribution < 1.29 is 22.4 Å². The first-order valence-corrected chi connectivity index (χ1v) is 14.8. The van der Waals surface area contributed by atoms with Crippen LogP contribution in [0.2, 0.25) is 0 Å². The lowest BCUT2D eigenvalue weighted by Gasteiger charge is -2.34. The van der Waals surface area contributed by atoms with E-state index in [0.29, 0.717) is 12.1 Å². The molecule has 0 saturated carbocycles. The average molecular weight is 554 g/mol. The number of halogens is 1. The van der Waals surface area contributed by atoms with Gasteiger partial charge in [0.1, 0.15) is 18.4 Å². The third kappa shape index (κ3) is 8.13. The van der Waals surface area contributed by atoms with Gasteiger partial charge < -0.3 is 10.2 Å². The van der Waals surface area contributed by atoms with Gasteiger partial charge in [-0.25, -0.2) is 12.8 Å². The maximum atomic E-state index is 14.8. The minimum absolute atomic E-state index is 0.171. The smallest absolute Gasteiger partial charge is 0.244 e. The zero-order valence-electron chi connectivity index (χ0n) is 22.8. The van der Waals surface area contributed by atoms with Crippen molar-refractivity contribution in [2.24, 2.45) is 0 Å². The van der Waals surface area contributed by atoms with E-state index >= 15 is 0 Å². The second-order valence-electron chi connectivity index (χ2n) is 9.73. The zero-order valence-corrected chi connectivity index (χ0v) is 23.6. The Morgan fingerprint density at radius 3 is 2.08 bits per heavy atom. The van der Waals surface area contributed by atoms with E-state index in [1.165, 1.54) is 11.0 Å². The molecule has 3 rings (SSSR count). The fraction of sp³-hybridized carbons (Fsp3) is 0.333. The lowest BCUT2D eigenvalue weighted by atomic mass is 10.0. The average Bonchev–Trinajstić information content (AvgIpc) is 2.89. The quantitative estimate of drug-likeness (QED) is 0.362. The number of carbonyl (C=O) groups is 2. The van der Waals surface area contributed by atoms with E-state index < -0.39 is 40.2 Å². The van der Waals surface area contributed by atoms with Gasteiger partial charge in [-0.05, 0) is 43.5 Å². The minimum atomic E-state index is -3.87. The molecule has 208 valence electrons. The summed E-state index contributed by atoms with van der Waals surface area (Å²) < 4.78 is 41.7. The Balaban J connectivity index is 2.09. The molecule has 0 radical (unpaired) electrons. The second-order valence-corrected chi connectivity index (χ2v) is 11.6. The number of carbonyl (C=O) groups excluding carboxylic acids is 2. The molecule has 0 heterocycles. The number of nitrogens with zero attached hydrogens (tertiary/aromatic N) is 2. The third-order valence-electron chi connectivity index (χ3n) is 6.32. The molecule has 0 aromatic heterocycles. The number of amides is 2. The van der Waals surface area contributed by atoms with Gasteiger partial charge >= 0.3 is 0 Å². The molecule has 0 fully saturated rings. The highest BCUT2D eigenvalue weighted by Crippen LogP contribution is 2.25. The first-order valence-electron chi connectivity index (χ1n) is 12.9. The van der Waals surface area contributed by atoms with E-state index in [4.69, 9.17) is 0 Å². The Labute approximate surface area is 230 Å². The molecule has 0 saturated heterocycles. The van der Waals surface area contributed by atoms with Gasteiger partial charge in [0.15, 0.2) is 0 Å². The zero-order chi connectivity index (χ0) is 28.6. The Hall–Kier alpha value is -3.72. The van der Waals surface area contributed by atoms with Crippen LogP contribution in [-0.4, -0.2) is 50.0 Å². The molecular formula is C30H36FN3O4S. The molecule has 3 aromatic carbocycles. The van der Waals surface area contributed by atoms with Gasteiger partial charge in [0, 0.05) is 24.6 Å². The van der Waals surface area contributed by atoms with Crippen molar-refractivity contribution in [3.63, 3.8) is 0 Å². The Morgan fingerprint density at radius 1 is 0.897 bits per heavy atom. The number of para-hydroxylation sites is 1. The lowest BCUT2D eigenvalue weighted by Crippen LogP contribution is -2.54. The SMILES string of the molecule is CCc1ccccc1N(CC(=O)N(Cc1ccccc1F)[C@H](Cc1ccccc1)C(=O)NC(C)C)S(C)(=O)=O. The van der Waals surface area contributed by atoms with Crippen LogP contribution in [0.3, 0.4) is 0 Å². The van der Waals surface area contributed by atoms with E-state index in [2.05, 4.69) is 5.32 Å². The highest BCUT2D eigenvalue weighted by Gasteiger charge is 2.34. The van der Waals surface area contributed by atoms with Crippen LogP contribution in [0.4, 0.5) is 10.1 Å². The van der Waals surface area contributed by atoms with Crippen molar-refractivity contribution in [2.75, 3.05) is 17.1 Å². The van der Waals surface area contributed by atoms with E-state index in [-0.39, 0.29) is 24.6 Å². The topological polar surface area (TPSA) is 86.8 Å². The summed E-state index contributed by atoms with van der Waals surface area (Å²) in [6.45, 7) is 4.78. The highest BCUT2D eigenvalue weighted by atomic mass is 32.2. The van der Waals surface area contributed by atoms with Gasteiger partial charge in [0.25, 0.3) is 0 Å². The summed E-state index contributed by atoms with van der Waals surface area (Å²) in [5.41, 5.74) is 2.19. The molecule has 1 N–H and O–H groups in total. The monoisotopic (exact) mass is 553 g/mol. The molecule has 1 atom stereocenters. The first-order chi connectivity index (χ1) is 18.5. The number of benzene rings is 3. The summed E-state index contributed by atoms with van der Waals surface area (Å²) in [6, 6.07) is 21.0. The van der Waals surface area contributed by atoms with E-state index in [1.807, 2.05) is 57.2 Å². The van der Waals surface area contributed by atoms with Crippen LogP contribution in [0.15, 0.2) is 78.9 Å². The van der Waals surface area contributed by atoms with Gasteiger partial charge in [0.2, 0.25) is 21.8 Å². The maximum absolute atomic E-state index is 14.8. The van der Waals surface area contributed by atoms with E-state index in [9.17, 15) is 22.4 Å². The predicted octanol–water partition coefficient (Wildman–Crippen LogP) is 4.32. The Kier molecular flexibility index (Phi) is 10.2. The summed E-state index contributed by atoms with van der Waals surface area (Å²) in [4.78, 5) is 28.8. The van der Waals surface area contributed by atoms with Crippen LogP contribution in [-0.2, 0) is 39.0 Å². The van der Waals surface area contributed by atoms with Gasteiger partial charge in [-0.3, -0.25) is 13.9 Å². The fourth-order valence-corrected chi connectivity index (χ4v) is 5.27. The number of nitrogens with one attached hydrogen (secondary N) is 1. The van der Waals surface area contributed by atoms with Gasteiger partial charge in [-0.15, -0.1) is 0 Å². The lowest BCUT2D eigenvalue weighted by molar-refractivity contribution is -0.140. The molecule has 0 bridgehead atoms. The van der Waals surface area contributed by atoms with Crippen molar-refractivity contribution in [3.05, 3.63) is 101 Å². The van der Waals surface area contributed by atoms with Crippen LogP contribution in [0.5, 0.6) is 0 Å². The second kappa shape index (κ2) is 13.4. The van der Waals surface area contributed by atoms with Crippen molar-refractivity contribution >= 4 is 27.5 Å². The molecule has 3 aromatic rings. The molecule has 0 unspecified atom stereocenters. The molecule has 39 heavy (non-hydrogen) atoms. The molecule has 0 aliphatic heterocycles. The van der Waals surface area contributed by atoms with Crippen LogP contribution >= 0.6 is 0 Å². The van der Waals surface area contributed by atoms with Crippen LogP contribution < -0.4 is 9.62 Å². The largest absolute Gasteiger partial charge is 0.352 e. The number of hydrogen-bond donors (Lipinski definition) is 1. The molecule has 0 aliphatic carbocycles. The highest BCUT2D eigenvalue weighted by molar-refractivity contribution is 7.92. The van der Waals surface area contributed by atoms with E-state index in [1.54, 1.807) is 36.4 Å². The standard InChI is InChI=1S/C30H36FN3O4S/c1-5-24-15-10-12-18-27(24)34(39(4,37)38)21-29(35)33(20-25-16-9-11-17-26(25)31)28(30(36)32-22(2)3)19-23-13-7-6-8-14-23/h6-18,22,28H,5,19-21H2,1-4H3,(H,32,36)/t28-/m1/s1. The number of aryl methyl sites for hydroxylation is 1. The molecule has 9 heteroatoms. The summed E-state index contributed by atoms with van der Waals surface area (Å²) in [6.07, 6.45) is 1.77. The van der Waals surface area contributed by atoms with Crippen molar-refractivity contribution in [2.45, 2.75) is 52.2 Å². The summed E-state index contributed by atoms with van der Waals surface area (Å²) in [5.74, 6) is -1.54. The van der Waals surface area contributed by atoms with Gasteiger partial charge in [-0.2, -0.15) is 0 Å². The molecule has 7 nitrogen and oxygen atoms in total. The molecule has 0 spiro atoms. The Morgan fingerprint density at radius 2 is 1.49 bits per heavy atom. The molecule has 2 amide bonds. The molecule has 0 aliphatic rings. The summed E-state index contributed by atoms with van der Waals surface area (Å²) >= 11 is 0.